The maximum atomic E-state index is 12.3. The number of carbonyl (C=O) groups is 2. The summed E-state index contributed by atoms with van der Waals surface area (Å²) >= 11 is 4.91. The Kier molecular flexibility index (Phi) is 2.57. The van der Waals surface area contributed by atoms with E-state index in [0.717, 1.165) is 10.6 Å². The highest BCUT2D eigenvalue weighted by Gasteiger charge is 2.31. The highest BCUT2D eigenvalue weighted by molar-refractivity contribution is 7.71. The molecule has 1 aromatic carbocycles. The highest BCUT2D eigenvalue weighted by atomic mass is 32.1. The molecule has 4 rings (SSSR count). The molecule has 3 heterocycles. The summed E-state index contributed by atoms with van der Waals surface area (Å²) < 4.78 is 6.45. The number of oxazole rings is 1. The second-order valence-electron chi connectivity index (χ2n) is 4.97. The third-order valence-electron chi connectivity index (χ3n) is 3.62. The molecule has 8 nitrogen and oxygen atoms in total. The van der Waals surface area contributed by atoms with Gasteiger partial charge in [-0.1, -0.05) is 0 Å². The zero-order valence-corrected chi connectivity index (χ0v) is 12.2. The molecular weight excluding hydrogens is 320 g/mol. The van der Waals surface area contributed by atoms with Crippen LogP contribution in [0.3, 0.4) is 0 Å². The number of rotatable bonds is 1. The number of H-pyrrole nitrogens is 1. The Hall–Kier alpha value is -3.20. The summed E-state index contributed by atoms with van der Waals surface area (Å²) in [5, 5.41) is 2.11. The lowest BCUT2D eigenvalue weighted by atomic mass is 10.1. The van der Waals surface area contributed by atoms with Crippen molar-refractivity contribution in [3.05, 3.63) is 50.6 Å². The maximum absolute atomic E-state index is 12.3. The van der Waals surface area contributed by atoms with Gasteiger partial charge in [0.25, 0.3) is 22.2 Å². The summed E-state index contributed by atoms with van der Waals surface area (Å²) in [6.45, 7) is 0. The fourth-order valence-corrected chi connectivity index (χ4v) is 2.82. The lowest BCUT2D eigenvalue weighted by molar-refractivity contribution is 0.0880. The van der Waals surface area contributed by atoms with Crippen LogP contribution in [0.5, 0.6) is 0 Å². The number of anilines is 1. The standard InChI is InChI=1S/C14H8N4O4S/c15-11-10-6(12(20)17-13(10)21)4-9(19)18(11)5-1-2-7-8(3-5)22-14(23)16-7/h1-4H,15H2,(H,16,23)(H,17,20,21). The van der Waals surface area contributed by atoms with Crippen LogP contribution in [0.25, 0.3) is 16.8 Å². The number of nitrogens with zero attached hydrogens (tertiary/aromatic N) is 1. The van der Waals surface area contributed by atoms with Crippen molar-refractivity contribution in [2.75, 3.05) is 5.73 Å². The van der Waals surface area contributed by atoms with Crippen molar-refractivity contribution < 1.29 is 14.0 Å². The van der Waals surface area contributed by atoms with E-state index >= 15 is 0 Å². The Balaban J connectivity index is 2.03. The van der Waals surface area contributed by atoms with Crippen molar-refractivity contribution in [3.8, 4) is 5.69 Å². The average Bonchev–Trinajstić information content (AvgIpc) is 2.98. The third-order valence-corrected chi connectivity index (χ3v) is 3.80. The summed E-state index contributed by atoms with van der Waals surface area (Å²) in [6.07, 6.45) is 0. The van der Waals surface area contributed by atoms with E-state index in [1.807, 2.05) is 0 Å². The van der Waals surface area contributed by atoms with Crippen LogP contribution in [-0.4, -0.2) is 21.4 Å². The first-order valence-corrected chi connectivity index (χ1v) is 6.91. The second kappa shape index (κ2) is 4.40. The van der Waals surface area contributed by atoms with E-state index < -0.39 is 17.4 Å². The third kappa shape index (κ3) is 1.83. The Morgan fingerprint density at radius 1 is 1.13 bits per heavy atom. The molecule has 114 valence electrons. The van der Waals surface area contributed by atoms with E-state index in [1.165, 1.54) is 0 Å². The van der Waals surface area contributed by atoms with Crippen LogP contribution in [0.15, 0.2) is 33.5 Å². The van der Waals surface area contributed by atoms with Crippen LogP contribution < -0.4 is 16.6 Å². The number of hydrogen-bond donors (Lipinski definition) is 3. The normalized spacial score (nSPS) is 13.4. The van der Waals surface area contributed by atoms with E-state index in [-0.39, 0.29) is 21.8 Å². The van der Waals surface area contributed by atoms with E-state index in [2.05, 4.69) is 10.3 Å². The first-order valence-electron chi connectivity index (χ1n) is 6.50. The predicted octanol–water partition coefficient (Wildman–Crippen LogP) is 1.11. The molecule has 0 atom stereocenters. The van der Waals surface area contributed by atoms with E-state index in [1.54, 1.807) is 18.2 Å². The molecule has 1 aliphatic heterocycles. The minimum Gasteiger partial charge on any atom is -0.429 e. The monoisotopic (exact) mass is 328 g/mol. The molecule has 2 aromatic heterocycles. The average molecular weight is 328 g/mol. The molecule has 2 amide bonds. The number of aromatic nitrogens is 2. The number of nitrogens with two attached hydrogens (primary N) is 1. The number of carbonyl (C=O) groups excluding carboxylic acids is 2. The number of hydrogen-bond acceptors (Lipinski definition) is 6. The molecule has 0 saturated heterocycles. The summed E-state index contributed by atoms with van der Waals surface area (Å²) in [4.78, 5) is 38.9. The topological polar surface area (TPSA) is 123 Å². The summed E-state index contributed by atoms with van der Waals surface area (Å²) in [6, 6.07) is 5.96. The number of amides is 2. The number of aromatic amines is 1. The van der Waals surface area contributed by atoms with Crippen molar-refractivity contribution in [2.24, 2.45) is 0 Å². The van der Waals surface area contributed by atoms with Gasteiger partial charge in [-0.3, -0.25) is 24.3 Å². The first-order chi connectivity index (χ1) is 11.0. The Labute approximate surface area is 132 Å². The van der Waals surface area contributed by atoms with Gasteiger partial charge in [0.05, 0.1) is 22.3 Å². The van der Waals surface area contributed by atoms with Crippen LogP contribution in [0, 0.1) is 4.84 Å². The van der Waals surface area contributed by atoms with Gasteiger partial charge in [0.15, 0.2) is 5.58 Å². The Morgan fingerprint density at radius 2 is 1.91 bits per heavy atom. The number of benzene rings is 1. The minimum absolute atomic E-state index is 0.00957. The number of fused-ring (bicyclic) bond motifs is 2. The van der Waals surface area contributed by atoms with Gasteiger partial charge < -0.3 is 15.1 Å². The van der Waals surface area contributed by atoms with Gasteiger partial charge in [0.2, 0.25) is 0 Å². The van der Waals surface area contributed by atoms with Crippen LogP contribution >= 0.6 is 12.2 Å². The van der Waals surface area contributed by atoms with Gasteiger partial charge in [-0.15, -0.1) is 0 Å². The first kappa shape index (κ1) is 13.5. The zero-order valence-electron chi connectivity index (χ0n) is 11.4. The minimum atomic E-state index is -0.632. The molecule has 0 spiro atoms. The number of imide groups is 1. The van der Waals surface area contributed by atoms with Crippen LogP contribution in [0.1, 0.15) is 20.7 Å². The predicted molar refractivity (Wildman–Crippen MR) is 83.2 cm³/mol. The quantitative estimate of drug-likeness (QED) is 0.454. The molecule has 9 heteroatoms. The highest BCUT2D eigenvalue weighted by Crippen LogP contribution is 2.24. The van der Waals surface area contributed by atoms with Crippen molar-refractivity contribution in [1.82, 2.24) is 14.9 Å². The van der Waals surface area contributed by atoms with Crippen molar-refractivity contribution in [3.63, 3.8) is 0 Å². The van der Waals surface area contributed by atoms with Gasteiger partial charge in [0.1, 0.15) is 5.82 Å². The Morgan fingerprint density at radius 3 is 2.70 bits per heavy atom. The molecule has 0 unspecified atom stereocenters. The summed E-state index contributed by atoms with van der Waals surface area (Å²) in [7, 11) is 0. The van der Waals surface area contributed by atoms with Crippen LogP contribution in [0.2, 0.25) is 0 Å². The molecule has 3 aromatic rings. The van der Waals surface area contributed by atoms with E-state index in [9.17, 15) is 14.4 Å². The largest absolute Gasteiger partial charge is 0.429 e. The van der Waals surface area contributed by atoms with E-state index in [4.69, 9.17) is 22.4 Å². The van der Waals surface area contributed by atoms with E-state index in [0.29, 0.717) is 16.8 Å². The molecule has 23 heavy (non-hydrogen) atoms. The maximum Gasteiger partial charge on any atom is 0.266 e. The fraction of sp³-hybridized carbons (Fsp3) is 0. The van der Waals surface area contributed by atoms with Crippen LogP contribution in [-0.2, 0) is 0 Å². The molecule has 0 radical (unpaired) electrons. The van der Waals surface area contributed by atoms with Gasteiger partial charge in [0, 0.05) is 12.1 Å². The molecule has 0 aliphatic carbocycles. The molecule has 1 aliphatic rings. The smallest absolute Gasteiger partial charge is 0.266 e. The van der Waals surface area contributed by atoms with Gasteiger partial charge >= 0.3 is 0 Å². The molecule has 0 saturated carbocycles. The van der Waals surface area contributed by atoms with Crippen molar-refractivity contribution >= 4 is 40.9 Å². The van der Waals surface area contributed by atoms with Crippen LogP contribution in [0.4, 0.5) is 5.82 Å². The summed E-state index contributed by atoms with van der Waals surface area (Å²) in [5.41, 5.74) is 6.91. The Bertz CT molecular complexity index is 1140. The molecule has 0 fully saturated rings. The molecule has 0 bridgehead atoms. The summed E-state index contributed by atoms with van der Waals surface area (Å²) in [5.74, 6) is -1.37. The lowest BCUT2D eigenvalue weighted by Crippen LogP contribution is -2.24. The van der Waals surface area contributed by atoms with Gasteiger partial charge in [-0.2, -0.15) is 0 Å². The zero-order chi connectivity index (χ0) is 16.3. The SMILES string of the molecule is Nc1c2c(cc(=O)n1-c1ccc3[nH]c(=S)oc3c1)C(=O)NC2=O. The van der Waals surface area contributed by atoms with Crippen molar-refractivity contribution in [1.29, 1.82) is 0 Å². The number of nitrogen functional groups attached to an aromatic ring is 1. The van der Waals surface area contributed by atoms with Crippen molar-refractivity contribution in [2.45, 2.75) is 0 Å². The number of pyridine rings is 1. The lowest BCUT2D eigenvalue weighted by Gasteiger charge is -2.11. The fourth-order valence-electron chi connectivity index (χ4n) is 2.62. The molecule has 4 N–H and O–H groups in total. The second-order valence-corrected chi connectivity index (χ2v) is 5.34. The van der Waals surface area contributed by atoms with Gasteiger partial charge in [-0.05, 0) is 24.4 Å². The molecular formula is C14H8N4O4S. The number of nitrogens with one attached hydrogen (secondary N) is 2. The van der Waals surface area contributed by atoms with Gasteiger partial charge in [-0.25, -0.2) is 0 Å².